The second-order valence-corrected chi connectivity index (χ2v) is 5.56. The maximum absolute atomic E-state index is 12.6. The van der Waals surface area contributed by atoms with Gasteiger partial charge in [-0.15, -0.1) is 0 Å². The van der Waals surface area contributed by atoms with Crippen LogP contribution >= 0.6 is 0 Å². The lowest BCUT2D eigenvalue weighted by Crippen LogP contribution is -2.36. The number of amides is 2. The number of nitrogens with zero attached hydrogens (tertiary/aromatic N) is 2. The van der Waals surface area contributed by atoms with Gasteiger partial charge >= 0.3 is 6.03 Å². The van der Waals surface area contributed by atoms with E-state index in [1.54, 1.807) is 26.2 Å². The van der Waals surface area contributed by atoms with Crippen LogP contribution < -0.4 is 5.32 Å². The van der Waals surface area contributed by atoms with Gasteiger partial charge in [0.15, 0.2) is 0 Å². The number of nitrogens with one attached hydrogen (secondary N) is 1. The quantitative estimate of drug-likeness (QED) is 0.611. The van der Waals surface area contributed by atoms with Crippen molar-refractivity contribution in [2.24, 2.45) is 0 Å². The van der Waals surface area contributed by atoms with Crippen LogP contribution in [0.1, 0.15) is 17.1 Å². The Labute approximate surface area is 145 Å². The number of nitro groups is 1. The van der Waals surface area contributed by atoms with E-state index in [4.69, 9.17) is 9.15 Å². The van der Waals surface area contributed by atoms with E-state index in [1.807, 2.05) is 13.0 Å². The number of anilines is 1. The van der Waals surface area contributed by atoms with Crippen LogP contribution in [0.4, 0.5) is 16.2 Å². The summed E-state index contributed by atoms with van der Waals surface area (Å²) in [4.78, 5) is 24.7. The molecule has 0 aliphatic rings. The molecule has 1 aromatic carbocycles. The summed E-state index contributed by atoms with van der Waals surface area (Å²) in [5, 5.41) is 13.8. The number of carbonyl (C=O) groups excluding carboxylic acids is 1. The van der Waals surface area contributed by atoms with Crippen LogP contribution in [0.3, 0.4) is 0 Å². The summed E-state index contributed by atoms with van der Waals surface area (Å²) in [6.45, 7) is 4.42. The van der Waals surface area contributed by atoms with Gasteiger partial charge in [0.25, 0.3) is 5.69 Å². The Hall–Kier alpha value is -2.87. The van der Waals surface area contributed by atoms with Gasteiger partial charge in [0, 0.05) is 19.7 Å². The molecule has 8 nitrogen and oxygen atoms in total. The molecule has 0 saturated carbocycles. The number of carbonyl (C=O) groups is 1. The number of nitro benzene ring substituents is 1. The summed E-state index contributed by atoms with van der Waals surface area (Å²) in [6, 6.07) is 7.82. The third-order valence-electron chi connectivity index (χ3n) is 3.74. The molecular formula is C17H21N3O5. The van der Waals surface area contributed by atoms with Gasteiger partial charge < -0.3 is 19.4 Å². The fraction of sp³-hybridized carbons (Fsp3) is 0.353. The molecule has 1 aromatic heterocycles. The van der Waals surface area contributed by atoms with Crippen LogP contribution in [0, 0.1) is 24.0 Å². The Balaban J connectivity index is 2.16. The molecular weight excluding hydrogens is 326 g/mol. The van der Waals surface area contributed by atoms with Gasteiger partial charge in [0.2, 0.25) is 0 Å². The predicted molar refractivity (Wildman–Crippen MR) is 92.6 cm³/mol. The van der Waals surface area contributed by atoms with Gasteiger partial charge in [0.1, 0.15) is 11.5 Å². The number of hydrogen-bond acceptors (Lipinski definition) is 5. The highest BCUT2D eigenvalue weighted by Crippen LogP contribution is 2.25. The minimum Gasteiger partial charge on any atom is -0.464 e. The molecule has 8 heteroatoms. The summed E-state index contributed by atoms with van der Waals surface area (Å²) < 4.78 is 10.6. The molecule has 0 radical (unpaired) electrons. The van der Waals surface area contributed by atoms with Gasteiger partial charge in [-0.05, 0) is 32.0 Å². The van der Waals surface area contributed by atoms with Crippen molar-refractivity contribution in [3.05, 3.63) is 57.5 Å². The van der Waals surface area contributed by atoms with Gasteiger partial charge in [-0.1, -0.05) is 6.07 Å². The molecule has 0 aliphatic carbocycles. The van der Waals surface area contributed by atoms with Crippen molar-refractivity contribution in [3.63, 3.8) is 0 Å². The van der Waals surface area contributed by atoms with Gasteiger partial charge in [0.05, 0.1) is 29.3 Å². The molecule has 2 amide bonds. The van der Waals surface area contributed by atoms with Crippen molar-refractivity contribution in [3.8, 4) is 0 Å². The second-order valence-electron chi connectivity index (χ2n) is 5.56. The average molecular weight is 347 g/mol. The molecule has 1 N–H and O–H groups in total. The lowest BCUT2D eigenvalue weighted by molar-refractivity contribution is -0.385. The van der Waals surface area contributed by atoms with Gasteiger partial charge in [-0.25, -0.2) is 4.79 Å². The lowest BCUT2D eigenvalue weighted by atomic mass is 10.1. The standard InChI is InChI=1S/C17H21N3O5/c1-12-7-8-14(25-12)11-19(9-10-24-3)17(21)18-15-5-4-6-16(13(15)2)20(22)23/h4-8H,9-11H2,1-3H3,(H,18,21). The Morgan fingerprint density at radius 3 is 2.68 bits per heavy atom. The highest BCUT2D eigenvalue weighted by atomic mass is 16.6. The maximum atomic E-state index is 12.6. The second kappa shape index (κ2) is 8.29. The van der Waals surface area contributed by atoms with E-state index in [0.29, 0.717) is 30.2 Å². The Morgan fingerprint density at radius 2 is 2.08 bits per heavy atom. The zero-order valence-corrected chi connectivity index (χ0v) is 14.4. The summed E-state index contributed by atoms with van der Waals surface area (Å²) in [5.74, 6) is 1.41. The normalized spacial score (nSPS) is 10.5. The molecule has 0 bridgehead atoms. The first-order valence-electron chi connectivity index (χ1n) is 7.76. The smallest absolute Gasteiger partial charge is 0.322 e. The highest BCUT2D eigenvalue weighted by Gasteiger charge is 2.19. The van der Waals surface area contributed by atoms with Crippen LogP contribution in [0.25, 0.3) is 0 Å². The van der Waals surface area contributed by atoms with Crippen molar-refractivity contribution in [1.82, 2.24) is 4.90 Å². The lowest BCUT2D eigenvalue weighted by Gasteiger charge is -2.22. The minimum absolute atomic E-state index is 0.0390. The molecule has 0 saturated heterocycles. The number of urea groups is 1. The molecule has 0 fully saturated rings. The van der Waals surface area contributed by atoms with E-state index in [0.717, 1.165) is 5.76 Å². The summed E-state index contributed by atoms with van der Waals surface area (Å²) in [7, 11) is 1.55. The molecule has 0 spiro atoms. The minimum atomic E-state index is -0.473. The predicted octanol–water partition coefficient (Wildman–Crippen LogP) is 3.49. The Bertz CT molecular complexity index is 756. The molecule has 0 unspecified atom stereocenters. The third kappa shape index (κ3) is 4.80. The van der Waals surface area contributed by atoms with Crippen molar-refractivity contribution >= 4 is 17.4 Å². The number of ether oxygens (including phenoxy) is 1. The monoisotopic (exact) mass is 347 g/mol. The molecule has 25 heavy (non-hydrogen) atoms. The molecule has 1 heterocycles. The zero-order valence-electron chi connectivity index (χ0n) is 14.4. The summed E-state index contributed by atoms with van der Waals surface area (Å²) in [6.07, 6.45) is 0. The number of methoxy groups -OCH3 is 1. The Morgan fingerprint density at radius 1 is 1.32 bits per heavy atom. The number of rotatable bonds is 7. The fourth-order valence-electron chi connectivity index (χ4n) is 2.36. The molecule has 0 atom stereocenters. The van der Waals surface area contributed by atoms with E-state index in [-0.39, 0.29) is 18.3 Å². The number of aryl methyl sites for hydroxylation is 1. The molecule has 134 valence electrons. The first-order chi connectivity index (χ1) is 11.9. The van der Waals surface area contributed by atoms with E-state index in [2.05, 4.69) is 5.32 Å². The maximum Gasteiger partial charge on any atom is 0.322 e. The van der Waals surface area contributed by atoms with Gasteiger partial charge in [-0.3, -0.25) is 10.1 Å². The SMILES string of the molecule is COCCN(Cc1ccc(C)o1)C(=O)Nc1cccc([N+](=O)[O-])c1C. The van der Waals surface area contributed by atoms with E-state index in [1.165, 1.54) is 17.0 Å². The summed E-state index contributed by atoms with van der Waals surface area (Å²) in [5.41, 5.74) is 0.765. The van der Waals surface area contributed by atoms with Crippen molar-refractivity contribution in [2.45, 2.75) is 20.4 Å². The van der Waals surface area contributed by atoms with Gasteiger partial charge in [-0.2, -0.15) is 0 Å². The third-order valence-corrected chi connectivity index (χ3v) is 3.74. The van der Waals surface area contributed by atoms with Crippen LogP contribution in [0.5, 0.6) is 0 Å². The number of furan rings is 1. The van der Waals surface area contributed by atoms with E-state index in [9.17, 15) is 14.9 Å². The average Bonchev–Trinajstić information content (AvgIpc) is 2.98. The van der Waals surface area contributed by atoms with Crippen molar-refractivity contribution in [2.75, 3.05) is 25.6 Å². The number of hydrogen-bond donors (Lipinski definition) is 1. The fourth-order valence-corrected chi connectivity index (χ4v) is 2.36. The van der Waals surface area contributed by atoms with Crippen molar-refractivity contribution < 1.29 is 18.9 Å². The molecule has 2 rings (SSSR count). The van der Waals surface area contributed by atoms with Crippen LogP contribution in [-0.2, 0) is 11.3 Å². The topological polar surface area (TPSA) is 97.8 Å². The first kappa shape index (κ1) is 18.5. The van der Waals surface area contributed by atoms with Crippen LogP contribution in [0.15, 0.2) is 34.7 Å². The summed E-state index contributed by atoms with van der Waals surface area (Å²) >= 11 is 0. The molecule has 0 aliphatic heterocycles. The first-order valence-corrected chi connectivity index (χ1v) is 7.76. The highest BCUT2D eigenvalue weighted by molar-refractivity contribution is 5.90. The zero-order chi connectivity index (χ0) is 18.4. The Kier molecular flexibility index (Phi) is 6.13. The van der Waals surface area contributed by atoms with Crippen molar-refractivity contribution in [1.29, 1.82) is 0 Å². The number of benzene rings is 1. The van der Waals surface area contributed by atoms with Crippen LogP contribution in [0.2, 0.25) is 0 Å². The molecule has 2 aromatic rings. The van der Waals surface area contributed by atoms with E-state index < -0.39 is 4.92 Å². The largest absolute Gasteiger partial charge is 0.464 e. The van der Waals surface area contributed by atoms with Crippen LogP contribution in [-0.4, -0.2) is 36.1 Å². The van der Waals surface area contributed by atoms with E-state index >= 15 is 0 Å².